The summed E-state index contributed by atoms with van der Waals surface area (Å²) in [5, 5.41) is 0. The van der Waals surface area contributed by atoms with E-state index < -0.39 is 8.80 Å². The molecule has 0 amide bonds. The van der Waals surface area contributed by atoms with Crippen LogP contribution in [0.3, 0.4) is 0 Å². The molecular weight excluding hydrogens is 216 g/mol. The molecular formula is C9H16O5Si. The van der Waals surface area contributed by atoms with Crippen molar-refractivity contribution in [1.29, 1.82) is 0 Å². The highest BCUT2D eigenvalue weighted by Crippen LogP contribution is 2.32. The fourth-order valence-corrected chi connectivity index (χ4v) is 4.62. The Morgan fingerprint density at radius 3 is 2.60 bits per heavy atom. The van der Waals surface area contributed by atoms with E-state index in [9.17, 15) is 0 Å². The summed E-state index contributed by atoms with van der Waals surface area (Å²) in [6, 6.07) is 0.884. The quantitative estimate of drug-likeness (QED) is 0.371. The second-order valence-electron chi connectivity index (χ2n) is 4.18. The summed E-state index contributed by atoms with van der Waals surface area (Å²) in [5.74, 6) is 0. The van der Waals surface area contributed by atoms with Gasteiger partial charge in [0.05, 0.1) is 32.5 Å². The molecule has 0 N–H and O–H groups in total. The molecule has 0 aromatic heterocycles. The Morgan fingerprint density at radius 2 is 2.00 bits per heavy atom. The third-order valence-electron chi connectivity index (χ3n) is 2.80. The average Bonchev–Trinajstić information content (AvgIpc) is 2.88. The van der Waals surface area contributed by atoms with Crippen molar-refractivity contribution in [3.05, 3.63) is 0 Å². The van der Waals surface area contributed by atoms with E-state index >= 15 is 0 Å². The normalized spacial score (nSPS) is 42.4. The van der Waals surface area contributed by atoms with Gasteiger partial charge in [0.2, 0.25) is 0 Å². The van der Waals surface area contributed by atoms with Crippen molar-refractivity contribution in [2.75, 3.05) is 33.0 Å². The van der Waals surface area contributed by atoms with E-state index in [2.05, 4.69) is 0 Å². The maximum absolute atomic E-state index is 5.71. The van der Waals surface area contributed by atoms with Crippen LogP contribution in [-0.2, 0) is 22.8 Å². The number of hydrogen-bond acceptors (Lipinski definition) is 5. The van der Waals surface area contributed by atoms with Crippen molar-refractivity contribution in [2.24, 2.45) is 0 Å². The molecule has 1 atom stereocenters. The van der Waals surface area contributed by atoms with Crippen molar-refractivity contribution in [1.82, 2.24) is 0 Å². The van der Waals surface area contributed by atoms with Crippen LogP contribution < -0.4 is 0 Å². The molecule has 3 heterocycles. The van der Waals surface area contributed by atoms with Gasteiger partial charge in [0.1, 0.15) is 6.10 Å². The van der Waals surface area contributed by atoms with Crippen LogP contribution in [-0.4, -0.2) is 54.0 Å². The van der Waals surface area contributed by atoms with Gasteiger partial charge in [-0.25, -0.2) is 0 Å². The molecule has 3 fully saturated rings. The van der Waals surface area contributed by atoms with Crippen LogP contribution in [0.1, 0.15) is 6.42 Å². The van der Waals surface area contributed by atoms with Gasteiger partial charge >= 0.3 is 8.80 Å². The Labute approximate surface area is 90.0 Å². The van der Waals surface area contributed by atoms with Crippen molar-refractivity contribution in [2.45, 2.75) is 24.7 Å². The second kappa shape index (κ2) is 4.12. The maximum Gasteiger partial charge on any atom is 0.501 e. The lowest BCUT2D eigenvalue weighted by Gasteiger charge is -2.18. The van der Waals surface area contributed by atoms with Crippen LogP contribution in [0.5, 0.6) is 0 Å². The predicted octanol–water partition coefficient (Wildman–Crippen LogP) is 0.176. The summed E-state index contributed by atoms with van der Waals surface area (Å²) < 4.78 is 27.4. The Bertz CT molecular complexity index is 225. The van der Waals surface area contributed by atoms with Crippen molar-refractivity contribution in [3.63, 3.8) is 0 Å². The largest absolute Gasteiger partial charge is 0.501 e. The minimum absolute atomic E-state index is 0.206. The van der Waals surface area contributed by atoms with Gasteiger partial charge in [0.15, 0.2) is 0 Å². The van der Waals surface area contributed by atoms with Gasteiger partial charge in [-0.1, -0.05) is 0 Å². The molecule has 3 saturated heterocycles. The first kappa shape index (κ1) is 10.2. The van der Waals surface area contributed by atoms with Gasteiger partial charge in [-0.05, 0) is 6.42 Å². The summed E-state index contributed by atoms with van der Waals surface area (Å²) in [7, 11) is -2.21. The maximum atomic E-state index is 5.71. The van der Waals surface area contributed by atoms with Crippen LogP contribution in [0, 0.1) is 0 Å². The number of epoxide rings is 1. The molecule has 15 heavy (non-hydrogen) atoms. The molecule has 0 aromatic rings. The molecule has 6 heteroatoms. The topological polar surface area (TPSA) is 49.5 Å². The van der Waals surface area contributed by atoms with Gasteiger partial charge in [0.25, 0.3) is 0 Å². The Hall–Kier alpha value is 0.0169. The number of rotatable bonds is 6. The summed E-state index contributed by atoms with van der Waals surface area (Å²) in [5.41, 5.74) is 0. The van der Waals surface area contributed by atoms with Gasteiger partial charge < -0.3 is 22.8 Å². The van der Waals surface area contributed by atoms with Crippen LogP contribution >= 0.6 is 0 Å². The monoisotopic (exact) mass is 232 g/mol. The first-order chi connectivity index (χ1) is 7.36. The molecule has 3 aliphatic rings. The van der Waals surface area contributed by atoms with E-state index in [0.29, 0.717) is 6.10 Å². The highest BCUT2D eigenvalue weighted by molar-refractivity contribution is 6.61. The van der Waals surface area contributed by atoms with E-state index in [4.69, 9.17) is 22.8 Å². The fourth-order valence-electron chi connectivity index (χ4n) is 1.89. The minimum Gasteiger partial charge on any atom is -0.379 e. The number of hydrogen-bond donors (Lipinski definition) is 0. The van der Waals surface area contributed by atoms with Gasteiger partial charge in [-0.2, -0.15) is 0 Å². The van der Waals surface area contributed by atoms with Crippen molar-refractivity contribution in [3.8, 4) is 0 Å². The minimum atomic E-state index is -2.21. The third-order valence-corrected chi connectivity index (χ3v) is 5.67. The fraction of sp³-hybridized carbons (Fsp3) is 1.00. The zero-order valence-electron chi connectivity index (χ0n) is 8.65. The van der Waals surface area contributed by atoms with Crippen LogP contribution in [0.2, 0.25) is 6.04 Å². The molecule has 0 saturated carbocycles. The van der Waals surface area contributed by atoms with E-state index in [1.54, 1.807) is 0 Å². The van der Waals surface area contributed by atoms with Gasteiger partial charge in [-0.3, -0.25) is 0 Å². The lowest BCUT2D eigenvalue weighted by atomic mass is 10.4. The standard InChI is InChI=1S/C9H16O5Si/c1(2-10-4-8-5-11-8)3-15-12-6-9(14-15)7-13-15/h8-9H,1-7H2. The predicted molar refractivity (Wildman–Crippen MR) is 52.5 cm³/mol. The highest BCUT2D eigenvalue weighted by atomic mass is 28.4. The zero-order chi connectivity index (χ0) is 10.1. The van der Waals surface area contributed by atoms with Crippen molar-refractivity contribution >= 4 is 8.80 Å². The van der Waals surface area contributed by atoms with E-state index in [1.807, 2.05) is 0 Å². The molecule has 3 aliphatic heterocycles. The Balaban J connectivity index is 1.31. The van der Waals surface area contributed by atoms with E-state index in [1.165, 1.54) is 0 Å². The van der Waals surface area contributed by atoms with Crippen LogP contribution in [0.15, 0.2) is 0 Å². The summed E-state index contributed by atoms with van der Waals surface area (Å²) in [4.78, 5) is 0. The number of fused-ring (bicyclic) bond motifs is 2. The molecule has 0 spiro atoms. The molecule has 0 radical (unpaired) electrons. The summed E-state index contributed by atoms with van der Waals surface area (Å²) in [6.07, 6.45) is 1.51. The third kappa shape index (κ3) is 2.40. The van der Waals surface area contributed by atoms with Crippen molar-refractivity contribution < 1.29 is 22.8 Å². The molecule has 3 rings (SSSR count). The Morgan fingerprint density at radius 1 is 1.20 bits per heavy atom. The Kier molecular flexibility index (Phi) is 2.80. The first-order valence-electron chi connectivity index (χ1n) is 5.51. The SMILES string of the molecule is C(COCC1CO1)C[Si]12OCC(CO1)O2. The molecule has 0 aliphatic carbocycles. The first-order valence-corrected chi connectivity index (χ1v) is 7.45. The van der Waals surface area contributed by atoms with Crippen LogP contribution in [0.4, 0.5) is 0 Å². The molecule has 0 aromatic carbocycles. The molecule has 1 unspecified atom stereocenters. The molecule has 2 bridgehead atoms. The second-order valence-corrected chi connectivity index (χ2v) is 6.86. The lowest BCUT2D eigenvalue weighted by Crippen LogP contribution is -2.38. The lowest BCUT2D eigenvalue weighted by molar-refractivity contribution is 0.110. The zero-order valence-corrected chi connectivity index (χ0v) is 9.65. The number of ether oxygens (including phenoxy) is 2. The van der Waals surface area contributed by atoms with Gasteiger partial charge in [-0.15, -0.1) is 0 Å². The van der Waals surface area contributed by atoms with Crippen LogP contribution in [0.25, 0.3) is 0 Å². The van der Waals surface area contributed by atoms with E-state index in [0.717, 1.165) is 45.5 Å². The smallest absolute Gasteiger partial charge is 0.379 e. The highest BCUT2D eigenvalue weighted by Gasteiger charge is 2.54. The average molecular weight is 232 g/mol. The van der Waals surface area contributed by atoms with Gasteiger partial charge in [0, 0.05) is 12.7 Å². The summed E-state index contributed by atoms with van der Waals surface area (Å²) in [6.45, 7) is 3.77. The molecule has 5 nitrogen and oxygen atoms in total. The summed E-state index contributed by atoms with van der Waals surface area (Å²) >= 11 is 0. The molecule has 86 valence electrons. The van der Waals surface area contributed by atoms with E-state index in [-0.39, 0.29) is 6.10 Å².